The van der Waals surface area contributed by atoms with E-state index >= 15 is 0 Å². The third kappa shape index (κ3) is 2.79. The van der Waals surface area contributed by atoms with Crippen LogP contribution in [0.1, 0.15) is 22.5 Å². The maximum atomic E-state index is 11.3. The van der Waals surface area contributed by atoms with E-state index in [4.69, 9.17) is 4.74 Å². The van der Waals surface area contributed by atoms with E-state index < -0.39 is 5.97 Å². The number of ether oxygens (including phenoxy) is 1. The summed E-state index contributed by atoms with van der Waals surface area (Å²) in [5.74, 6) is -0.305. The van der Waals surface area contributed by atoms with Gasteiger partial charge in [-0.15, -0.1) is 0 Å². The van der Waals surface area contributed by atoms with Crippen molar-refractivity contribution in [2.24, 2.45) is 0 Å². The normalized spacial score (nSPS) is 13.6. The van der Waals surface area contributed by atoms with Crippen LogP contribution in [0.25, 0.3) is 0 Å². The molecule has 1 saturated heterocycles. The minimum absolute atomic E-state index is 0.0946. The summed E-state index contributed by atoms with van der Waals surface area (Å²) in [6, 6.07) is 9.59. The van der Waals surface area contributed by atoms with Crippen molar-refractivity contribution in [3.8, 4) is 5.75 Å². The summed E-state index contributed by atoms with van der Waals surface area (Å²) in [5.41, 5.74) is 0.870. The van der Waals surface area contributed by atoms with Gasteiger partial charge in [-0.05, 0) is 12.0 Å². The molecule has 6 nitrogen and oxygen atoms in total. The number of aromatic carboxylic acids is 1. The summed E-state index contributed by atoms with van der Waals surface area (Å²) in [7, 11) is 0. The molecule has 0 saturated carbocycles. The Morgan fingerprint density at radius 2 is 2.00 bits per heavy atom. The van der Waals surface area contributed by atoms with E-state index in [9.17, 15) is 9.90 Å². The third-order valence-electron chi connectivity index (χ3n) is 3.37. The minimum atomic E-state index is -1.11. The molecule has 1 fully saturated rings. The molecule has 0 aliphatic carbocycles. The largest absolute Gasteiger partial charge is 0.483 e. The van der Waals surface area contributed by atoms with E-state index in [1.165, 1.54) is 6.33 Å². The van der Waals surface area contributed by atoms with Crippen LogP contribution in [0.15, 0.2) is 36.7 Å². The molecule has 2 aromatic rings. The monoisotopic (exact) mass is 285 g/mol. The lowest BCUT2D eigenvalue weighted by molar-refractivity contribution is 0.0684. The molecule has 1 aromatic carbocycles. The Balaban J connectivity index is 1.88. The fourth-order valence-electron chi connectivity index (χ4n) is 2.13. The standard InChI is InChI=1S/C15H15N3O3/c19-15(20)12-13(21-9-11-5-2-1-3-6-11)14(17-10-16-12)18-7-4-8-18/h1-3,5-6,10H,4,7-9H2,(H,19,20). The number of anilines is 1. The fourth-order valence-corrected chi connectivity index (χ4v) is 2.13. The lowest BCUT2D eigenvalue weighted by Gasteiger charge is -2.33. The maximum Gasteiger partial charge on any atom is 0.358 e. The van der Waals surface area contributed by atoms with Gasteiger partial charge in [0.1, 0.15) is 12.9 Å². The summed E-state index contributed by atoms with van der Waals surface area (Å²) in [4.78, 5) is 21.3. The van der Waals surface area contributed by atoms with Crippen molar-refractivity contribution in [2.45, 2.75) is 13.0 Å². The van der Waals surface area contributed by atoms with E-state index in [0.29, 0.717) is 5.82 Å². The number of carboxylic acid groups (broad SMARTS) is 1. The SMILES string of the molecule is O=C(O)c1ncnc(N2CCC2)c1OCc1ccccc1. The first-order valence-electron chi connectivity index (χ1n) is 6.75. The molecule has 0 bridgehead atoms. The van der Waals surface area contributed by atoms with Crippen molar-refractivity contribution in [1.82, 2.24) is 9.97 Å². The Bertz CT molecular complexity index is 642. The van der Waals surface area contributed by atoms with Crippen LogP contribution in [0.3, 0.4) is 0 Å². The number of carbonyl (C=O) groups is 1. The molecule has 108 valence electrons. The molecular weight excluding hydrogens is 270 g/mol. The minimum Gasteiger partial charge on any atom is -0.483 e. The summed E-state index contributed by atoms with van der Waals surface area (Å²) in [6.07, 6.45) is 2.34. The van der Waals surface area contributed by atoms with Crippen molar-refractivity contribution < 1.29 is 14.6 Å². The number of hydrogen-bond donors (Lipinski definition) is 1. The average molecular weight is 285 g/mol. The Kier molecular flexibility index (Phi) is 3.68. The molecule has 0 atom stereocenters. The number of rotatable bonds is 5. The highest BCUT2D eigenvalue weighted by Gasteiger charge is 2.25. The molecule has 3 rings (SSSR count). The smallest absolute Gasteiger partial charge is 0.358 e. The Hall–Kier alpha value is -2.63. The zero-order valence-corrected chi connectivity index (χ0v) is 11.4. The van der Waals surface area contributed by atoms with Crippen molar-refractivity contribution >= 4 is 11.8 Å². The number of nitrogens with zero attached hydrogens (tertiary/aromatic N) is 3. The van der Waals surface area contributed by atoms with Gasteiger partial charge >= 0.3 is 5.97 Å². The first-order valence-corrected chi connectivity index (χ1v) is 6.75. The fraction of sp³-hybridized carbons (Fsp3) is 0.267. The molecule has 1 aliphatic rings. The van der Waals surface area contributed by atoms with Crippen LogP contribution in [-0.4, -0.2) is 34.1 Å². The number of benzene rings is 1. The van der Waals surface area contributed by atoms with Gasteiger partial charge in [-0.3, -0.25) is 0 Å². The van der Waals surface area contributed by atoms with E-state index in [1.807, 2.05) is 35.2 Å². The van der Waals surface area contributed by atoms with Gasteiger partial charge in [0.05, 0.1) is 0 Å². The van der Waals surface area contributed by atoms with Gasteiger partial charge in [-0.1, -0.05) is 30.3 Å². The molecule has 2 heterocycles. The quantitative estimate of drug-likeness (QED) is 0.905. The van der Waals surface area contributed by atoms with Gasteiger partial charge in [-0.25, -0.2) is 14.8 Å². The zero-order valence-electron chi connectivity index (χ0n) is 11.4. The Labute approximate surface area is 122 Å². The van der Waals surface area contributed by atoms with E-state index in [1.54, 1.807) is 0 Å². The van der Waals surface area contributed by atoms with Crippen molar-refractivity contribution in [2.75, 3.05) is 18.0 Å². The summed E-state index contributed by atoms with van der Waals surface area (Å²) < 4.78 is 5.72. The molecule has 0 amide bonds. The Morgan fingerprint density at radius 1 is 1.24 bits per heavy atom. The van der Waals surface area contributed by atoms with E-state index in [-0.39, 0.29) is 18.1 Å². The molecule has 21 heavy (non-hydrogen) atoms. The third-order valence-corrected chi connectivity index (χ3v) is 3.37. The van der Waals surface area contributed by atoms with Crippen LogP contribution in [0.5, 0.6) is 5.75 Å². The topological polar surface area (TPSA) is 75.5 Å². The van der Waals surface area contributed by atoms with Gasteiger partial charge in [0.2, 0.25) is 0 Å². The second kappa shape index (κ2) is 5.78. The van der Waals surface area contributed by atoms with E-state index in [2.05, 4.69) is 9.97 Å². The van der Waals surface area contributed by atoms with Crippen molar-refractivity contribution in [3.63, 3.8) is 0 Å². The van der Waals surface area contributed by atoms with Crippen LogP contribution < -0.4 is 9.64 Å². The van der Waals surface area contributed by atoms with Crippen LogP contribution in [0.4, 0.5) is 5.82 Å². The molecule has 1 N–H and O–H groups in total. The highest BCUT2D eigenvalue weighted by Crippen LogP contribution is 2.32. The second-order valence-electron chi connectivity index (χ2n) is 4.80. The van der Waals surface area contributed by atoms with Crippen LogP contribution in [-0.2, 0) is 6.61 Å². The summed E-state index contributed by atoms with van der Waals surface area (Å²) in [6.45, 7) is 2.00. The molecule has 0 unspecified atom stereocenters. The number of carboxylic acids is 1. The number of hydrogen-bond acceptors (Lipinski definition) is 5. The van der Waals surface area contributed by atoms with Crippen LogP contribution in [0.2, 0.25) is 0 Å². The molecule has 6 heteroatoms. The summed E-state index contributed by atoms with van der Waals surface area (Å²) >= 11 is 0. The van der Waals surface area contributed by atoms with Gasteiger partial charge in [0.25, 0.3) is 0 Å². The van der Waals surface area contributed by atoms with E-state index in [0.717, 1.165) is 25.1 Å². The molecule has 1 aromatic heterocycles. The van der Waals surface area contributed by atoms with Crippen LogP contribution in [0, 0.1) is 0 Å². The van der Waals surface area contributed by atoms with Crippen molar-refractivity contribution in [1.29, 1.82) is 0 Å². The molecule has 0 spiro atoms. The predicted molar refractivity (Wildman–Crippen MR) is 76.6 cm³/mol. The first kappa shape index (κ1) is 13.4. The second-order valence-corrected chi connectivity index (χ2v) is 4.80. The van der Waals surface area contributed by atoms with Crippen molar-refractivity contribution in [3.05, 3.63) is 47.9 Å². The first-order chi connectivity index (χ1) is 10.3. The molecule has 1 aliphatic heterocycles. The molecule has 0 radical (unpaired) electrons. The van der Waals surface area contributed by atoms with Gasteiger partial charge in [0, 0.05) is 13.1 Å². The van der Waals surface area contributed by atoms with Crippen LogP contribution >= 0.6 is 0 Å². The lowest BCUT2D eigenvalue weighted by Crippen LogP contribution is -2.38. The maximum absolute atomic E-state index is 11.3. The summed E-state index contributed by atoms with van der Waals surface area (Å²) in [5, 5.41) is 9.27. The predicted octanol–water partition coefficient (Wildman–Crippen LogP) is 1.96. The highest BCUT2D eigenvalue weighted by molar-refractivity contribution is 5.90. The lowest BCUT2D eigenvalue weighted by atomic mass is 10.2. The molecular formula is C15H15N3O3. The van der Waals surface area contributed by atoms with Gasteiger partial charge in [0.15, 0.2) is 17.3 Å². The highest BCUT2D eigenvalue weighted by atomic mass is 16.5. The van der Waals surface area contributed by atoms with Gasteiger partial charge in [-0.2, -0.15) is 0 Å². The van der Waals surface area contributed by atoms with Gasteiger partial charge < -0.3 is 14.7 Å². The average Bonchev–Trinajstić information content (AvgIpc) is 2.45. The zero-order chi connectivity index (χ0) is 14.7. The Morgan fingerprint density at radius 3 is 2.62 bits per heavy atom. The number of aromatic nitrogens is 2.